The van der Waals surface area contributed by atoms with E-state index in [9.17, 15) is 38.9 Å². The highest BCUT2D eigenvalue weighted by atomic mass is 16.7. The molecular formula is C46H54N8O12. The van der Waals surface area contributed by atoms with E-state index in [0.717, 1.165) is 5.56 Å². The highest BCUT2D eigenvalue weighted by Gasteiger charge is 2.32. The standard InChI is InChI=1S/C46H54N8O12/c47-44(53-54(61)62)48-27-15-25-38(52-46(60)66-32-36-22-11-4-12-23-36)42(57)50-37(24-13-14-26-49-45(59)65-31-35-20-9-3-10-21-35)41(56)51-39(43(58)64-30-34-18-7-2-8-19-34)28-40(55)63-29-33-16-5-1-6-17-33/h1-12,16-23,37-39H,13-15,24-32H2,(H,49,59)(H,50,57)(H,51,56)(H,52,60)(H3,47,48,53)/t37-,38-,39-/m0/s1. The lowest BCUT2D eigenvalue weighted by Gasteiger charge is -2.25. The lowest BCUT2D eigenvalue weighted by Crippen LogP contribution is -2.56. The number of esters is 2. The number of nitrogens with two attached hydrogens (primary N) is 1. The summed E-state index contributed by atoms with van der Waals surface area (Å²) in [5.41, 5.74) is 10.0. The molecular weight excluding hydrogens is 857 g/mol. The van der Waals surface area contributed by atoms with E-state index < -0.39 is 71.5 Å². The number of guanidine groups is 1. The van der Waals surface area contributed by atoms with Crippen molar-refractivity contribution in [3.8, 4) is 0 Å². The van der Waals surface area contributed by atoms with Crippen LogP contribution < -0.4 is 32.4 Å². The van der Waals surface area contributed by atoms with E-state index in [1.54, 1.807) is 96.4 Å². The van der Waals surface area contributed by atoms with Crippen molar-refractivity contribution in [3.05, 3.63) is 154 Å². The smallest absolute Gasteiger partial charge is 0.408 e. The third-order valence-corrected chi connectivity index (χ3v) is 9.43. The van der Waals surface area contributed by atoms with Crippen molar-refractivity contribution >= 4 is 41.9 Å². The third-order valence-electron chi connectivity index (χ3n) is 9.43. The summed E-state index contributed by atoms with van der Waals surface area (Å²) in [6, 6.07) is 31.2. The molecule has 0 bridgehead atoms. The van der Waals surface area contributed by atoms with Gasteiger partial charge in [-0.15, -0.1) is 0 Å². The Kier molecular flexibility index (Phi) is 21.9. The Labute approximate surface area is 381 Å². The molecule has 0 aliphatic carbocycles. The third kappa shape index (κ3) is 20.4. The van der Waals surface area contributed by atoms with Gasteiger partial charge in [0.05, 0.1) is 6.42 Å². The number of amides is 4. The van der Waals surface area contributed by atoms with Crippen molar-refractivity contribution in [2.75, 3.05) is 13.1 Å². The Morgan fingerprint density at radius 2 is 1.00 bits per heavy atom. The molecule has 7 N–H and O–H groups in total. The van der Waals surface area contributed by atoms with Gasteiger partial charge in [-0.1, -0.05) is 127 Å². The van der Waals surface area contributed by atoms with Gasteiger partial charge >= 0.3 is 24.1 Å². The number of carbonyl (C=O) groups is 6. The van der Waals surface area contributed by atoms with Gasteiger partial charge in [0.1, 0.15) is 44.6 Å². The minimum Gasteiger partial charge on any atom is -0.461 e. The fourth-order valence-corrected chi connectivity index (χ4v) is 6.04. The van der Waals surface area contributed by atoms with E-state index in [2.05, 4.69) is 26.3 Å². The van der Waals surface area contributed by atoms with Gasteiger partial charge in [-0.05, 0) is 54.4 Å². The molecule has 0 saturated heterocycles. The van der Waals surface area contributed by atoms with Crippen molar-refractivity contribution in [2.45, 2.75) is 83.1 Å². The summed E-state index contributed by atoms with van der Waals surface area (Å²) in [6.07, 6.45) is -1.72. The number of hydrogen-bond donors (Lipinski definition) is 6. The van der Waals surface area contributed by atoms with Crippen molar-refractivity contribution in [3.63, 3.8) is 0 Å². The largest absolute Gasteiger partial charge is 0.461 e. The van der Waals surface area contributed by atoms with E-state index in [4.69, 9.17) is 24.7 Å². The molecule has 0 unspecified atom stereocenters. The zero-order valence-corrected chi connectivity index (χ0v) is 36.1. The average molecular weight is 911 g/mol. The first kappa shape index (κ1) is 50.6. The molecule has 0 heterocycles. The van der Waals surface area contributed by atoms with Crippen molar-refractivity contribution < 1.29 is 52.7 Å². The van der Waals surface area contributed by atoms with Gasteiger partial charge in [-0.25, -0.2) is 29.5 Å². The van der Waals surface area contributed by atoms with Gasteiger partial charge in [0, 0.05) is 13.1 Å². The van der Waals surface area contributed by atoms with Crippen molar-refractivity contribution in [1.29, 1.82) is 0 Å². The maximum Gasteiger partial charge on any atom is 0.408 e. The SMILES string of the molecule is NC(=NCCC[C@H](NC(=O)OCc1ccccc1)C(=O)N[C@@H](CCCCNC(=O)OCc1ccccc1)C(=O)N[C@@H](CC(=O)OCc1ccccc1)C(=O)OCc1ccccc1)N[N+](=O)[O-]. The molecule has 4 aromatic carbocycles. The predicted molar refractivity (Wildman–Crippen MR) is 239 cm³/mol. The Morgan fingerprint density at radius 3 is 1.52 bits per heavy atom. The first-order valence-electron chi connectivity index (χ1n) is 21.1. The van der Waals surface area contributed by atoms with Crippen LogP contribution in [0.5, 0.6) is 0 Å². The number of carbonyl (C=O) groups excluding carboxylic acids is 6. The van der Waals surface area contributed by atoms with Crippen LogP contribution in [0.4, 0.5) is 9.59 Å². The zero-order valence-electron chi connectivity index (χ0n) is 36.1. The number of benzene rings is 4. The molecule has 0 aromatic heterocycles. The number of ether oxygens (including phenoxy) is 4. The second-order valence-corrected chi connectivity index (χ2v) is 14.6. The number of nitrogens with one attached hydrogen (secondary N) is 5. The summed E-state index contributed by atoms with van der Waals surface area (Å²) in [5.74, 6) is -3.95. The molecule has 66 heavy (non-hydrogen) atoms. The normalized spacial score (nSPS) is 12.2. The van der Waals surface area contributed by atoms with Crippen LogP contribution in [0.25, 0.3) is 0 Å². The van der Waals surface area contributed by atoms with Crippen LogP contribution in [0.2, 0.25) is 0 Å². The summed E-state index contributed by atoms with van der Waals surface area (Å²) in [5, 5.41) is 20.2. The molecule has 0 aliphatic rings. The van der Waals surface area contributed by atoms with Crippen LogP contribution >= 0.6 is 0 Å². The molecule has 20 nitrogen and oxygen atoms in total. The molecule has 0 spiro atoms. The molecule has 350 valence electrons. The Balaban J connectivity index is 1.49. The van der Waals surface area contributed by atoms with Crippen LogP contribution in [-0.4, -0.2) is 78.1 Å². The van der Waals surface area contributed by atoms with Crippen LogP contribution in [0, 0.1) is 10.1 Å². The maximum atomic E-state index is 14.2. The molecule has 0 radical (unpaired) electrons. The van der Waals surface area contributed by atoms with Gasteiger partial charge in [-0.2, -0.15) is 0 Å². The summed E-state index contributed by atoms with van der Waals surface area (Å²) < 4.78 is 21.5. The van der Waals surface area contributed by atoms with E-state index in [1.165, 1.54) is 0 Å². The highest BCUT2D eigenvalue weighted by Crippen LogP contribution is 2.11. The first-order valence-corrected chi connectivity index (χ1v) is 21.1. The number of hydrogen-bond acceptors (Lipinski definition) is 13. The number of rotatable bonds is 26. The Morgan fingerprint density at radius 1 is 0.561 bits per heavy atom. The summed E-state index contributed by atoms with van der Waals surface area (Å²) in [6.45, 7) is -0.280. The van der Waals surface area contributed by atoms with Gasteiger partial charge in [-0.3, -0.25) is 14.4 Å². The van der Waals surface area contributed by atoms with Gasteiger partial charge in [0.2, 0.25) is 11.8 Å². The van der Waals surface area contributed by atoms with E-state index in [0.29, 0.717) is 23.1 Å². The monoisotopic (exact) mass is 910 g/mol. The molecule has 20 heteroatoms. The number of hydrazine groups is 1. The fraction of sp³-hybridized carbons (Fsp3) is 0.326. The molecule has 4 rings (SSSR count). The number of aliphatic imine (C=N–C) groups is 1. The fourth-order valence-electron chi connectivity index (χ4n) is 6.04. The molecule has 0 fully saturated rings. The molecule has 3 atom stereocenters. The van der Waals surface area contributed by atoms with Crippen LogP contribution in [0.15, 0.2) is 126 Å². The van der Waals surface area contributed by atoms with Gasteiger partial charge in [0.15, 0.2) is 5.03 Å². The number of unbranched alkanes of at least 4 members (excludes halogenated alkanes) is 1. The second kappa shape index (κ2) is 28.6. The molecule has 0 aliphatic heterocycles. The van der Waals surface area contributed by atoms with Gasteiger partial charge in [0.25, 0.3) is 5.96 Å². The van der Waals surface area contributed by atoms with Crippen molar-refractivity contribution in [2.24, 2.45) is 10.7 Å². The number of alkyl carbamates (subject to hydrolysis) is 2. The van der Waals surface area contributed by atoms with Crippen molar-refractivity contribution in [1.82, 2.24) is 26.7 Å². The quantitative estimate of drug-likeness (QED) is 0.00985. The summed E-state index contributed by atoms with van der Waals surface area (Å²) in [4.78, 5) is 94.8. The molecule has 0 saturated carbocycles. The van der Waals surface area contributed by atoms with Crippen LogP contribution in [-0.2, 0) is 64.6 Å². The van der Waals surface area contributed by atoms with Crippen LogP contribution in [0.3, 0.4) is 0 Å². The predicted octanol–water partition coefficient (Wildman–Crippen LogP) is 4.10. The lowest BCUT2D eigenvalue weighted by atomic mass is 10.1. The Bertz CT molecular complexity index is 2180. The molecule has 4 amide bonds. The zero-order chi connectivity index (χ0) is 47.4. The topological polar surface area (TPSA) is 281 Å². The summed E-state index contributed by atoms with van der Waals surface area (Å²) >= 11 is 0. The molecule has 4 aromatic rings. The lowest BCUT2D eigenvalue weighted by molar-refractivity contribution is -0.525. The van der Waals surface area contributed by atoms with Gasteiger partial charge < -0.3 is 45.9 Å². The first-order chi connectivity index (χ1) is 31.9. The van der Waals surface area contributed by atoms with E-state index in [1.807, 2.05) is 30.3 Å². The van der Waals surface area contributed by atoms with E-state index >= 15 is 0 Å². The minimum atomic E-state index is -1.55. The number of nitrogens with zero attached hydrogens (tertiary/aromatic N) is 2. The number of nitro groups is 1. The highest BCUT2D eigenvalue weighted by molar-refractivity contribution is 5.94. The summed E-state index contributed by atoms with van der Waals surface area (Å²) in [7, 11) is 0. The second-order valence-electron chi connectivity index (χ2n) is 14.6. The average Bonchev–Trinajstić information content (AvgIpc) is 3.32. The van der Waals surface area contributed by atoms with E-state index in [-0.39, 0.29) is 65.2 Å². The minimum absolute atomic E-state index is 0.0406. The Hall–Kier alpha value is -8.03. The van der Waals surface area contributed by atoms with Crippen LogP contribution in [0.1, 0.15) is 60.8 Å². The maximum absolute atomic E-state index is 14.2.